The molecule has 0 aliphatic rings. The number of fused-ring (bicyclic) bond motifs is 1. The topological polar surface area (TPSA) is 59.9 Å². The lowest BCUT2D eigenvalue weighted by atomic mass is 9.96. The van der Waals surface area contributed by atoms with Crippen LogP contribution in [0.3, 0.4) is 0 Å². The molecule has 2 aromatic carbocycles. The van der Waals surface area contributed by atoms with Gasteiger partial charge >= 0.3 is 5.69 Å². The van der Waals surface area contributed by atoms with Gasteiger partial charge in [-0.25, -0.2) is 4.79 Å². The quantitative estimate of drug-likeness (QED) is 0.720. The number of ether oxygens (including phenoxy) is 1. The maximum absolute atomic E-state index is 12.7. The number of nitriles is 1. The van der Waals surface area contributed by atoms with Crippen LogP contribution in [-0.4, -0.2) is 16.2 Å². The van der Waals surface area contributed by atoms with Crippen LogP contribution in [0.5, 0.6) is 5.75 Å². The van der Waals surface area contributed by atoms with Crippen molar-refractivity contribution >= 4 is 11.0 Å². The van der Waals surface area contributed by atoms with Crippen molar-refractivity contribution in [1.29, 1.82) is 5.26 Å². The Balaban J connectivity index is 2.23. The van der Waals surface area contributed by atoms with Crippen molar-refractivity contribution in [3.05, 3.63) is 52.4 Å². The highest BCUT2D eigenvalue weighted by molar-refractivity contribution is 5.85. The number of aryl methyl sites for hydroxylation is 1. The first-order valence-corrected chi connectivity index (χ1v) is 8.53. The van der Waals surface area contributed by atoms with Crippen LogP contribution in [0.2, 0.25) is 0 Å². The molecule has 0 unspecified atom stereocenters. The molecular formula is C21H23N3O2. The summed E-state index contributed by atoms with van der Waals surface area (Å²) in [6.07, 6.45) is 0. The lowest BCUT2D eigenvalue weighted by Crippen LogP contribution is -2.27. The molecule has 0 saturated heterocycles. The van der Waals surface area contributed by atoms with Gasteiger partial charge in [0.1, 0.15) is 17.4 Å². The number of hydrogen-bond acceptors (Lipinski definition) is 3. The van der Waals surface area contributed by atoms with Crippen molar-refractivity contribution in [1.82, 2.24) is 9.13 Å². The third-order valence-electron chi connectivity index (χ3n) is 4.45. The van der Waals surface area contributed by atoms with Gasteiger partial charge < -0.3 is 4.74 Å². The summed E-state index contributed by atoms with van der Waals surface area (Å²) in [6.45, 7) is 6.98. The van der Waals surface area contributed by atoms with Crippen LogP contribution < -0.4 is 10.4 Å². The Morgan fingerprint density at radius 1 is 1.15 bits per heavy atom. The van der Waals surface area contributed by atoms with E-state index in [1.165, 1.54) is 0 Å². The van der Waals surface area contributed by atoms with E-state index in [4.69, 9.17) is 4.74 Å². The predicted molar refractivity (Wildman–Crippen MR) is 103 cm³/mol. The highest BCUT2D eigenvalue weighted by Gasteiger charge is 2.19. The summed E-state index contributed by atoms with van der Waals surface area (Å²) in [5.41, 5.74) is 3.89. The van der Waals surface area contributed by atoms with E-state index in [0.717, 1.165) is 22.2 Å². The van der Waals surface area contributed by atoms with E-state index < -0.39 is 0 Å². The van der Waals surface area contributed by atoms with Gasteiger partial charge in [0.25, 0.3) is 0 Å². The van der Waals surface area contributed by atoms with Crippen LogP contribution in [0.4, 0.5) is 0 Å². The highest BCUT2D eigenvalue weighted by Crippen LogP contribution is 2.32. The van der Waals surface area contributed by atoms with Crippen LogP contribution in [0.15, 0.2) is 41.2 Å². The van der Waals surface area contributed by atoms with E-state index >= 15 is 0 Å². The minimum atomic E-state index is -0.0294. The molecule has 1 heterocycles. The first-order valence-electron chi connectivity index (χ1n) is 8.53. The first-order chi connectivity index (χ1) is 12.3. The lowest BCUT2D eigenvalue weighted by molar-refractivity contribution is 0.342. The Morgan fingerprint density at radius 2 is 1.88 bits per heavy atom. The van der Waals surface area contributed by atoms with E-state index in [-0.39, 0.29) is 11.1 Å². The van der Waals surface area contributed by atoms with Gasteiger partial charge in [0.05, 0.1) is 18.1 Å². The summed E-state index contributed by atoms with van der Waals surface area (Å²) in [5.74, 6) is 0.546. The summed E-state index contributed by atoms with van der Waals surface area (Å²) in [7, 11) is 3.34. The van der Waals surface area contributed by atoms with Crippen molar-refractivity contribution in [2.24, 2.45) is 12.5 Å². The fourth-order valence-corrected chi connectivity index (χ4v) is 3.26. The Bertz CT molecular complexity index is 1080. The van der Waals surface area contributed by atoms with Gasteiger partial charge in [-0.1, -0.05) is 39.0 Å². The molecule has 0 saturated carbocycles. The van der Waals surface area contributed by atoms with E-state index in [1.807, 2.05) is 34.9 Å². The molecule has 5 nitrogen and oxygen atoms in total. The number of hydrogen-bond donors (Lipinski definition) is 0. The van der Waals surface area contributed by atoms with Crippen molar-refractivity contribution in [2.75, 3.05) is 7.11 Å². The second kappa shape index (κ2) is 6.38. The highest BCUT2D eigenvalue weighted by atomic mass is 16.5. The molecule has 0 bridgehead atoms. The standard InChI is InChI=1S/C21H23N3O2/c1-21(2,3)13-24-17-10-9-14(11-18(17)23(4)20(24)25)15-7-6-8-19(26-5)16(15)12-22/h6-11H,13H2,1-5H3. The van der Waals surface area contributed by atoms with Gasteiger partial charge in [0.15, 0.2) is 0 Å². The molecule has 3 aromatic rings. The van der Waals surface area contributed by atoms with Crippen molar-refractivity contribution < 1.29 is 4.74 Å². The number of nitrogens with zero attached hydrogens (tertiary/aromatic N) is 3. The zero-order chi connectivity index (χ0) is 19.1. The number of imidazole rings is 1. The fraction of sp³-hybridized carbons (Fsp3) is 0.333. The maximum Gasteiger partial charge on any atom is 0.328 e. The van der Waals surface area contributed by atoms with Crippen LogP contribution in [0, 0.1) is 16.7 Å². The molecule has 3 rings (SSSR count). The monoisotopic (exact) mass is 349 g/mol. The molecule has 0 atom stereocenters. The van der Waals surface area contributed by atoms with Gasteiger partial charge in [-0.15, -0.1) is 0 Å². The third-order valence-corrected chi connectivity index (χ3v) is 4.45. The summed E-state index contributed by atoms with van der Waals surface area (Å²) in [5, 5.41) is 9.55. The number of aromatic nitrogens is 2. The number of methoxy groups -OCH3 is 1. The summed E-state index contributed by atoms with van der Waals surface area (Å²) < 4.78 is 8.78. The average Bonchev–Trinajstić information content (AvgIpc) is 2.84. The minimum absolute atomic E-state index is 0.00243. The van der Waals surface area contributed by atoms with Gasteiger partial charge in [-0.05, 0) is 29.2 Å². The molecule has 1 aromatic heterocycles. The molecule has 0 aliphatic heterocycles. The number of rotatable bonds is 3. The SMILES string of the molecule is COc1cccc(-c2ccc3c(c2)n(C)c(=O)n3CC(C)(C)C)c1C#N. The molecular weight excluding hydrogens is 326 g/mol. The Hall–Kier alpha value is -3.00. The fourth-order valence-electron chi connectivity index (χ4n) is 3.26. The van der Waals surface area contributed by atoms with Crippen LogP contribution in [-0.2, 0) is 13.6 Å². The van der Waals surface area contributed by atoms with Gasteiger partial charge in [-0.3, -0.25) is 9.13 Å². The normalized spacial score (nSPS) is 11.5. The molecule has 0 amide bonds. The summed E-state index contributed by atoms with van der Waals surface area (Å²) in [4.78, 5) is 12.7. The minimum Gasteiger partial charge on any atom is -0.495 e. The zero-order valence-corrected chi connectivity index (χ0v) is 15.8. The Morgan fingerprint density at radius 3 is 2.50 bits per heavy atom. The van der Waals surface area contributed by atoms with E-state index in [2.05, 4.69) is 26.8 Å². The molecule has 0 aliphatic carbocycles. The molecule has 134 valence electrons. The largest absolute Gasteiger partial charge is 0.495 e. The third kappa shape index (κ3) is 2.99. The molecule has 26 heavy (non-hydrogen) atoms. The Kier molecular flexibility index (Phi) is 4.37. The van der Waals surface area contributed by atoms with E-state index in [0.29, 0.717) is 17.9 Å². The van der Waals surface area contributed by atoms with Crippen LogP contribution in [0.25, 0.3) is 22.2 Å². The zero-order valence-electron chi connectivity index (χ0n) is 15.8. The maximum atomic E-state index is 12.7. The molecule has 0 N–H and O–H groups in total. The molecule has 5 heteroatoms. The average molecular weight is 349 g/mol. The Labute approximate surface area is 153 Å². The molecule has 0 fully saturated rings. The molecule has 0 radical (unpaired) electrons. The predicted octanol–water partition coefficient (Wildman–Crippen LogP) is 3.93. The number of benzene rings is 2. The van der Waals surface area contributed by atoms with Crippen molar-refractivity contribution in [2.45, 2.75) is 27.3 Å². The second-order valence-electron chi connectivity index (χ2n) is 7.69. The van der Waals surface area contributed by atoms with E-state index in [1.54, 1.807) is 24.8 Å². The summed E-state index contributed by atoms with van der Waals surface area (Å²) in [6, 6.07) is 13.6. The van der Waals surface area contributed by atoms with Crippen LogP contribution in [0.1, 0.15) is 26.3 Å². The first kappa shape index (κ1) is 17.8. The van der Waals surface area contributed by atoms with Crippen LogP contribution >= 0.6 is 0 Å². The van der Waals surface area contributed by atoms with Gasteiger partial charge in [-0.2, -0.15) is 5.26 Å². The smallest absolute Gasteiger partial charge is 0.328 e. The molecule has 0 spiro atoms. The lowest BCUT2D eigenvalue weighted by Gasteiger charge is -2.18. The second-order valence-corrected chi connectivity index (χ2v) is 7.69. The summed E-state index contributed by atoms with van der Waals surface area (Å²) >= 11 is 0. The van der Waals surface area contributed by atoms with Gasteiger partial charge in [0, 0.05) is 19.2 Å². The van der Waals surface area contributed by atoms with E-state index in [9.17, 15) is 10.1 Å². The van der Waals surface area contributed by atoms with Crippen molar-refractivity contribution in [3.63, 3.8) is 0 Å². The van der Waals surface area contributed by atoms with Gasteiger partial charge in [0.2, 0.25) is 0 Å². The van der Waals surface area contributed by atoms with Crippen molar-refractivity contribution in [3.8, 4) is 22.9 Å².